The molecule has 10 heteroatoms. The molecular formula is C32H36FN5O3S. The number of nitrogens with one attached hydrogen (secondary N) is 1. The third kappa shape index (κ3) is 6.88. The molecule has 0 saturated carbocycles. The second kappa shape index (κ2) is 13.3. The number of hydrogen-bond donors (Lipinski definition) is 1. The molecule has 2 heterocycles. The highest BCUT2D eigenvalue weighted by molar-refractivity contribution is 7.80. The fraction of sp³-hybridized carbons (Fsp3) is 0.344. The van der Waals surface area contributed by atoms with E-state index in [2.05, 4.69) is 15.1 Å². The van der Waals surface area contributed by atoms with Gasteiger partial charge in [-0.25, -0.2) is 4.39 Å². The second-order valence-electron chi connectivity index (χ2n) is 10.6. The van der Waals surface area contributed by atoms with Crippen LogP contribution in [0.3, 0.4) is 0 Å². The molecule has 3 aromatic rings. The van der Waals surface area contributed by atoms with Crippen LogP contribution in [0, 0.1) is 12.7 Å². The van der Waals surface area contributed by atoms with Gasteiger partial charge in [-0.3, -0.25) is 19.4 Å². The molecule has 0 bridgehead atoms. The highest BCUT2D eigenvalue weighted by Gasteiger charge is 2.43. The van der Waals surface area contributed by atoms with Crippen molar-refractivity contribution in [2.75, 3.05) is 61.5 Å². The van der Waals surface area contributed by atoms with Gasteiger partial charge in [0.1, 0.15) is 17.6 Å². The summed E-state index contributed by atoms with van der Waals surface area (Å²) < 4.78 is 18.5. The fourth-order valence-corrected chi connectivity index (χ4v) is 5.84. The minimum Gasteiger partial charge on any atom is -0.497 e. The molecule has 0 unspecified atom stereocenters. The first-order valence-corrected chi connectivity index (χ1v) is 14.6. The number of thiocarbonyl (C=S) groups is 1. The average molecular weight is 590 g/mol. The average Bonchev–Trinajstić information content (AvgIpc) is 3.22. The molecule has 2 aliphatic rings. The second-order valence-corrected chi connectivity index (χ2v) is 11.0. The van der Waals surface area contributed by atoms with Crippen LogP contribution in [0.1, 0.15) is 18.4 Å². The third-order valence-corrected chi connectivity index (χ3v) is 8.22. The molecule has 2 fully saturated rings. The van der Waals surface area contributed by atoms with E-state index in [4.69, 9.17) is 17.0 Å². The molecule has 8 nitrogen and oxygen atoms in total. The summed E-state index contributed by atoms with van der Waals surface area (Å²) in [6.07, 6.45) is 0.784. The maximum atomic E-state index is 13.7. The number of carbonyl (C=O) groups excluding carboxylic acids is 2. The van der Waals surface area contributed by atoms with Gasteiger partial charge in [-0.05, 0) is 92.8 Å². The summed E-state index contributed by atoms with van der Waals surface area (Å²) in [5.74, 6) is 0.0184. The van der Waals surface area contributed by atoms with Crippen molar-refractivity contribution in [2.24, 2.45) is 0 Å². The van der Waals surface area contributed by atoms with Crippen LogP contribution in [-0.2, 0) is 9.59 Å². The molecule has 1 N–H and O–H groups in total. The summed E-state index contributed by atoms with van der Waals surface area (Å²) in [5, 5.41) is 3.32. The normalized spacial score (nSPS) is 17.6. The van der Waals surface area contributed by atoms with Gasteiger partial charge >= 0.3 is 0 Å². The van der Waals surface area contributed by atoms with Crippen molar-refractivity contribution in [2.45, 2.75) is 25.8 Å². The van der Waals surface area contributed by atoms with E-state index in [1.165, 1.54) is 12.1 Å². The number of carbonyl (C=O) groups is 2. The molecule has 2 saturated heterocycles. The van der Waals surface area contributed by atoms with E-state index in [9.17, 15) is 14.0 Å². The first-order chi connectivity index (χ1) is 20.3. The SMILES string of the molecule is COc1ccc(NC(=O)C[C@H]2C(=O)N(c3ccc(C)cc3)C(=S)N2CCCN2CCN(c3ccc(F)cc3)CC2)cc1. The van der Waals surface area contributed by atoms with Crippen LogP contribution < -0.4 is 19.9 Å². The topological polar surface area (TPSA) is 68.4 Å². The number of rotatable bonds is 10. The van der Waals surface area contributed by atoms with Gasteiger partial charge in [-0.2, -0.15) is 0 Å². The zero-order valence-electron chi connectivity index (χ0n) is 24.0. The van der Waals surface area contributed by atoms with Gasteiger partial charge in [-0.1, -0.05) is 17.7 Å². The number of hydrogen-bond acceptors (Lipinski definition) is 6. The van der Waals surface area contributed by atoms with Crippen LogP contribution in [0.2, 0.25) is 0 Å². The Balaban J connectivity index is 1.22. The van der Waals surface area contributed by atoms with Crippen molar-refractivity contribution in [3.63, 3.8) is 0 Å². The highest BCUT2D eigenvalue weighted by Crippen LogP contribution is 2.28. The van der Waals surface area contributed by atoms with Crippen LogP contribution in [0.25, 0.3) is 0 Å². The summed E-state index contributed by atoms with van der Waals surface area (Å²) in [4.78, 5) is 34.9. The maximum absolute atomic E-state index is 13.7. The van der Waals surface area contributed by atoms with E-state index in [1.54, 1.807) is 36.3 Å². The van der Waals surface area contributed by atoms with Crippen LogP contribution in [-0.4, -0.2) is 79.1 Å². The Bertz CT molecular complexity index is 1390. The van der Waals surface area contributed by atoms with Gasteiger partial charge in [0.05, 0.1) is 19.2 Å². The smallest absolute Gasteiger partial charge is 0.256 e. The predicted molar refractivity (Wildman–Crippen MR) is 168 cm³/mol. The van der Waals surface area contributed by atoms with Crippen LogP contribution in [0.4, 0.5) is 21.5 Å². The molecule has 0 aromatic heterocycles. The number of piperazine rings is 1. The lowest BCUT2D eigenvalue weighted by Gasteiger charge is -2.36. The van der Waals surface area contributed by atoms with Gasteiger partial charge in [0.2, 0.25) is 5.91 Å². The van der Waals surface area contributed by atoms with Crippen molar-refractivity contribution in [1.29, 1.82) is 0 Å². The van der Waals surface area contributed by atoms with Crippen LogP contribution >= 0.6 is 12.2 Å². The van der Waals surface area contributed by atoms with E-state index in [1.807, 2.05) is 48.2 Å². The standard InChI is InChI=1S/C32H36FN5O3S/c1-23-4-10-27(11-5-23)38-31(40)29(22-30(39)34-25-8-14-28(41-2)15-9-25)37(32(38)42)17-3-16-35-18-20-36(21-19-35)26-12-6-24(33)7-13-26/h4-15,29H,3,16-22H2,1-2H3,(H,34,39)/t29-/m0/s1. The van der Waals surface area contributed by atoms with E-state index in [-0.39, 0.29) is 24.1 Å². The van der Waals surface area contributed by atoms with Gasteiger partial charge in [0.25, 0.3) is 5.91 Å². The van der Waals surface area contributed by atoms with Crippen LogP contribution in [0.5, 0.6) is 5.75 Å². The summed E-state index contributed by atoms with van der Waals surface area (Å²) in [6.45, 7) is 6.91. The molecule has 3 aromatic carbocycles. The molecule has 1 atom stereocenters. The Morgan fingerprint density at radius 2 is 1.57 bits per heavy atom. The Hall–Kier alpha value is -4.02. The zero-order chi connectivity index (χ0) is 29.6. The predicted octanol–water partition coefficient (Wildman–Crippen LogP) is 4.69. The lowest BCUT2D eigenvalue weighted by Crippen LogP contribution is -2.47. The van der Waals surface area contributed by atoms with E-state index < -0.39 is 6.04 Å². The van der Waals surface area contributed by atoms with Gasteiger partial charge in [0.15, 0.2) is 5.11 Å². The number of amides is 2. The molecule has 0 radical (unpaired) electrons. The molecule has 0 aliphatic carbocycles. The molecule has 0 spiro atoms. The van der Waals surface area contributed by atoms with E-state index in [0.717, 1.165) is 50.4 Å². The number of nitrogens with zero attached hydrogens (tertiary/aromatic N) is 4. The van der Waals surface area contributed by atoms with E-state index >= 15 is 0 Å². The third-order valence-electron chi connectivity index (χ3n) is 7.80. The minimum absolute atomic E-state index is 0.0102. The Morgan fingerprint density at radius 3 is 2.21 bits per heavy atom. The number of benzene rings is 3. The van der Waals surface area contributed by atoms with E-state index in [0.29, 0.717) is 28.8 Å². The zero-order valence-corrected chi connectivity index (χ0v) is 24.8. The molecule has 2 aliphatic heterocycles. The molecular weight excluding hydrogens is 553 g/mol. The summed E-state index contributed by atoms with van der Waals surface area (Å²) in [5.41, 5.74) is 3.46. The van der Waals surface area contributed by atoms with Crippen molar-refractivity contribution in [1.82, 2.24) is 9.80 Å². The lowest BCUT2D eigenvalue weighted by molar-refractivity contribution is -0.124. The largest absolute Gasteiger partial charge is 0.497 e. The quantitative estimate of drug-likeness (QED) is 0.345. The Labute approximate surface area is 251 Å². The summed E-state index contributed by atoms with van der Waals surface area (Å²) in [6, 6.07) is 20.7. The maximum Gasteiger partial charge on any atom is 0.256 e. The molecule has 2 amide bonds. The molecule has 42 heavy (non-hydrogen) atoms. The summed E-state index contributed by atoms with van der Waals surface area (Å²) >= 11 is 5.83. The van der Waals surface area contributed by atoms with Crippen LogP contribution in [0.15, 0.2) is 72.8 Å². The van der Waals surface area contributed by atoms with Crippen molar-refractivity contribution >= 4 is 46.2 Å². The van der Waals surface area contributed by atoms with Gasteiger partial charge in [0, 0.05) is 44.1 Å². The highest BCUT2D eigenvalue weighted by atomic mass is 32.1. The monoisotopic (exact) mass is 589 g/mol. The molecule has 5 rings (SSSR count). The van der Waals surface area contributed by atoms with Crippen molar-refractivity contribution in [3.8, 4) is 5.75 Å². The number of aryl methyl sites for hydroxylation is 1. The summed E-state index contributed by atoms with van der Waals surface area (Å²) in [7, 11) is 1.59. The fourth-order valence-electron chi connectivity index (χ4n) is 5.43. The minimum atomic E-state index is -0.688. The molecule has 220 valence electrons. The Kier molecular flexibility index (Phi) is 9.34. The van der Waals surface area contributed by atoms with Gasteiger partial charge < -0.3 is 19.9 Å². The number of ether oxygens (including phenoxy) is 1. The van der Waals surface area contributed by atoms with Crippen molar-refractivity contribution < 1.29 is 18.7 Å². The number of anilines is 3. The first-order valence-electron chi connectivity index (χ1n) is 14.2. The van der Waals surface area contributed by atoms with Gasteiger partial charge in [-0.15, -0.1) is 0 Å². The lowest BCUT2D eigenvalue weighted by atomic mass is 10.1. The Morgan fingerprint density at radius 1 is 0.929 bits per heavy atom. The van der Waals surface area contributed by atoms with Crippen molar-refractivity contribution in [3.05, 3.63) is 84.2 Å². The number of halogens is 1. The number of methoxy groups -OCH3 is 1. The first kappa shape index (κ1) is 29.5.